The van der Waals surface area contributed by atoms with Crippen LogP contribution in [0.1, 0.15) is 11.1 Å². The van der Waals surface area contributed by atoms with E-state index in [9.17, 15) is 14.4 Å². The van der Waals surface area contributed by atoms with Crippen molar-refractivity contribution in [1.29, 1.82) is 0 Å². The van der Waals surface area contributed by atoms with E-state index in [-0.39, 0.29) is 5.57 Å². The molecule has 1 saturated heterocycles. The molecule has 0 unspecified atom stereocenters. The maximum absolute atomic E-state index is 13.1. The Balaban J connectivity index is 1.66. The number of imide groups is 2. The summed E-state index contributed by atoms with van der Waals surface area (Å²) in [4.78, 5) is 38.9. The Morgan fingerprint density at radius 3 is 2.45 bits per heavy atom. The molecule has 2 aromatic carbocycles. The highest BCUT2D eigenvalue weighted by molar-refractivity contribution is 9.10. The Labute approximate surface area is 187 Å². The number of barbiturate groups is 1. The number of ether oxygens (including phenoxy) is 1. The molecule has 0 radical (unpaired) electrons. The number of halogens is 1. The Hall–Kier alpha value is -3.65. The van der Waals surface area contributed by atoms with Crippen molar-refractivity contribution in [3.63, 3.8) is 0 Å². The molecule has 3 aromatic rings. The van der Waals surface area contributed by atoms with Crippen molar-refractivity contribution in [1.82, 2.24) is 9.88 Å². The first-order valence-electron chi connectivity index (χ1n) is 9.37. The van der Waals surface area contributed by atoms with Crippen LogP contribution in [0, 0.1) is 6.92 Å². The molecule has 7 nitrogen and oxygen atoms in total. The van der Waals surface area contributed by atoms with E-state index in [0.717, 1.165) is 26.4 Å². The van der Waals surface area contributed by atoms with Crippen LogP contribution in [0.5, 0.6) is 5.75 Å². The van der Waals surface area contributed by atoms with Crippen molar-refractivity contribution < 1.29 is 19.1 Å². The first-order chi connectivity index (χ1) is 14.9. The van der Waals surface area contributed by atoms with E-state index in [1.165, 1.54) is 6.08 Å². The first kappa shape index (κ1) is 20.6. The monoisotopic (exact) mass is 479 g/mol. The molecule has 2 heterocycles. The summed E-state index contributed by atoms with van der Waals surface area (Å²) in [5.41, 5.74) is 2.56. The van der Waals surface area contributed by atoms with Crippen LogP contribution in [0.4, 0.5) is 10.5 Å². The van der Waals surface area contributed by atoms with E-state index in [1.54, 1.807) is 44.5 Å². The van der Waals surface area contributed by atoms with E-state index in [4.69, 9.17) is 4.74 Å². The molecule has 0 aliphatic carbocycles. The average molecular weight is 480 g/mol. The minimum atomic E-state index is -0.770. The number of urea groups is 1. The number of aromatic nitrogens is 1. The minimum absolute atomic E-state index is 0.116. The number of aryl methyl sites for hydroxylation is 1. The predicted octanol–water partition coefficient (Wildman–Crippen LogP) is 4.22. The summed E-state index contributed by atoms with van der Waals surface area (Å²) < 4.78 is 7.85. The van der Waals surface area contributed by atoms with E-state index in [1.807, 2.05) is 35.0 Å². The van der Waals surface area contributed by atoms with Crippen LogP contribution in [-0.4, -0.2) is 29.5 Å². The van der Waals surface area contributed by atoms with Gasteiger partial charge in [0.05, 0.1) is 12.8 Å². The second-order valence-electron chi connectivity index (χ2n) is 6.94. The second-order valence-corrected chi connectivity index (χ2v) is 7.85. The lowest BCUT2D eigenvalue weighted by atomic mass is 10.1. The normalized spacial score (nSPS) is 15.4. The topological polar surface area (TPSA) is 80.6 Å². The molecule has 0 saturated carbocycles. The Bertz CT molecular complexity index is 1230. The average Bonchev–Trinajstić information content (AvgIpc) is 3.21. The second kappa shape index (κ2) is 8.23. The van der Waals surface area contributed by atoms with Gasteiger partial charge in [-0.15, -0.1) is 0 Å². The van der Waals surface area contributed by atoms with Gasteiger partial charge in [-0.25, -0.2) is 9.69 Å². The van der Waals surface area contributed by atoms with Crippen molar-refractivity contribution in [3.05, 3.63) is 82.1 Å². The molecule has 4 rings (SSSR count). The number of hydrogen-bond acceptors (Lipinski definition) is 4. The lowest BCUT2D eigenvalue weighted by molar-refractivity contribution is -0.122. The van der Waals surface area contributed by atoms with Crippen molar-refractivity contribution in [3.8, 4) is 11.4 Å². The highest BCUT2D eigenvalue weighted by Crippen LogP contribution is 2.27. The summed E-state index contributed by atoms with van der Waals surface area (Å²) in [6.45, 7) is 1.79. The number of rotatable bonds is 4. The summed E-state index contributed by atoms with van der Waals surface area (Å²) >= 11 is 3.37. The third-order valence-electron chi connectivity index (χ3n) is 4.90. The summed E-state index contributed by atoms with van der Waals surface area (Å²) in [6.07, 6.45) is 5.09. The van der Waals surface area contributed by atoms with Crippen LogP contribution in [0.2, 0.25) is 0 Å². The lowest BCUT2D eigenvalue weighted by Crippen LogP contribution is -2.54. The molecule has 31 heavy (non-hydrogen) atoms. The molecule has 4 amide bonds. The van der Waals surface area contributed by atoms with E-state index >= 15 is 0 Å². The van der Waals surface area contributed by atoms with Gasteiger partial charge in [0.2, 0.25) is 0 Å². The molecular weight excluding hydrogens is 462 g/mol. The first-order valence-corrected chi connectivity index (χ1v) is 10.2. The zero-order valence-electron chi connectivity index (χ0n) is 16.8. The van der Waals surface area contributed by atoms with Gasteiger partial charge in [-0.05, 0) is 72.7 Å². The maximum atomic E-state index is 13.1. The highest BCUT2D eigenvalue weighted by Gasteiger charge is 2.37. The summed E-state index contributed by atoms with van der Waals surface area (Å²) in [5, 5.41) is 2.25. The molecule has 1 fully saturated rings. The van der Waals surface area contributed by atoms with Gasteiger partial charge in [0.25, 0.3) is 11.8 Å². The van der Waals surface area contributed by atoms with Crippen LogP contribution >= 0.6 is 15.9 Å². The fourth-order valence-corrected chi connectivity index (χ4v) is 3.80. The van der Waals surface area contributed by atoms with Crippen LogP contribution in [0.25, 0.3) is 11.8 Å². The SMILES string of the molecule is COc1ccc(-n2ccc(/C=C3/C(=O)NC(=O)N(c4ccc(Br)cc4C)C3=O)c2)cc1. The van der Waals surface area contributed by atoms with Crippen molar-refractivity contribution in [2.24, 2.45) is 0 Å². The number of amides is 4. The number of carbonyl (C=O) groups excluding carboxylic acids is 3. The Kier molecular flexibility index (Phi) is 5.48. The molecule has 1 aromatic heterocycles. The molecule has 0 bridgehead atoms. The van der Waals surface area contributed by atoms with E-state index in [0.29, 0.717) is 11.3 Å². The van der Waals surface area contributed by atoms with Crippen LogP contribution in [-0.2, 0) is 9.59 Å². The third kappa shape index (κ3) is 4.02. The fraction of sp³-hybridized carbons (Fsp3) is 0.0870. The van der Waals surface area contributed by atoms with E-state index < -0.39 is 17.8 Å². The zero-order chi connectivity index (χ0) is 22.1. The lowest BCUT2D eigenvalue weighted by Gasteiger charge is -2.27. The molecule has 8 heteroatoms. The zero-order valence-corrected chi connectivity index (χ0v) is 18.3. The van der Waals surface area contributed by atoms with Gasteiger partial charge in [-0.2, -0.15) is 0 Å². The van der Waals surface area contributed by atoms with Crippen LogP contribution in [0.3, 0.4) is 0 Å². The number of carbonyl (C=O) groups is 3. The summed E-state index contributed by atoms with van der Waals surface area (Å²) in [7, 11) is 1.60. The molecule has 1 aliphatic rings. The molecule has 1 aliphatic heterocycles. The van der Waals surface area contributed by atoms with Gasteiger partial charge in [0.15, 0.2) is 0 Å². The molecule has 0 spiro atoms. The number of hydrogen-bond donors (Lipinski definition) is 1. The standard InChI is InChI=1S/C23H18BrN3O4/c1-14-11-16(24)3-8-20(14)27-22(29)19(21(28)25-23(27)30)12-15-9-10-26(13-15)17-4-6-18(31-2)7-5-17/h3-13H,1-2H3,(H,25,28,30)/b19-12-. The van der Waals surface area contributed by atoms with E-state index in [2.05, 4.69) is 21.2 Å². The molecule has 1 N–H and O–H groups in total. The quantitative estimate of drug-likeness (QED) is 0.448. The van der Waals surface area contributed by atoms with Crippen molar-refractivity contribution >= 4 is 45.5 Å². The minimum Gasteiger partial charge on any atom is -0.497 e. The fourth-order valence-electron chi connectivity index (χ4n) is 3.33. The predicted molar refractivity (Wildman–Crippen MR) is 120 cm³/mol. The van der Waals surface area contributed by atoms with Crippen molar-refractivity contribution in [2.45, 2.75) is 6.92 Å². The summed E-state index contributed by atoms with van der Waals surface area (Å²) in [5.74, 6) is -0.648. The largest absolute Gasteiger partial charge is 0.497 e. The van der Waals surface area contributed by atoms with Gasteiger partial charge >= 0.3 is 6.03 Å². The Morgan fingerprint density at radius 2 is 1.77 bits per heavy atom. The van der Waals surface area contributed by atoms with Crippen LogP contribution in [0.15, 0.2) is 71.0 Å². The third-order valence-corrected chi connectivity index (χ3v) is 5.39. The van der Waals surface area contributed by atoms with Gasteiger partial charge in [-0.3, -0.25) is 14.9 Å². The molecular formula is C23H18BrN3O4. The molecule has 0 atom stereocenters. The Morgan fingerprint density at radius 1 is 1.03 bits per heavy atom. The number of anilines is 1. The maximum Gasteiger partial charge on any atom is 0.335 e. The van der Waals surface area contributed by atoms with Crippen molar-refractivity contribution in [2.75, 3.05) is 12.0 Å². The number of nitrogens with one attached hydrogen (secondary N) is 1. The molecule has 156 valence electrons. The smallest absolute Gasteiger partial charge is 0.335 e. The highest BCUT2D eigenvalue weighted by atomic mass is 79.9. The summed E-state index contributed by atoms with van der Waals surface area (Å²) in [6, 6.07) is 13.7. The van der Waals surface area contributed by atoms with Gasteiger partial charge in [0.1, 0.15) is 11.3 Å². The number of methoxy groups -OCH3 is 1. The number of benzene rings is 2. The van der Waals surface area contributed by atoms with Gasteiger partial charge < -0.3 is 9.30 Å². The van der Waals surface area contributed by atoms with Gasteiger partial charge in [-0.1, -0.05) is 15.9 Å². The van der Waals surface area contributed by atoms with Crippen LogP contribution < -0.4 is 15.0 Å². The number of nitrogens with zero attached hydrogens (tertiary/aromatic N) is 2. The van der Waals surface area contributed by atoms with Gasteiger partial charge in [0, 0.05) is 22.6 Å².